The molecule has 1 heterocycles. The summed E-state index contributed by atoms with van der Waals surface area (Å²) in [4.78, 5) is 4.14. The summed E-state index contributed by atoms with van der Waals surface area (Å²) in [7, 11) is 0. The van der Waals surface area contributed by atoms with Gasteiger partial charge in [0.25, 0.3) is 0 Å². The van der Waals surface area contributed by atoms with Crippen molar-refractivity contribution in [3.8, 4) is 5.88 Å². The van der Waals surface area contributed by atoms with Crippen LogP contribution in [0.15, 0.2) is 12.3 Å². The van der Waals surface area contributed by atoms with Crippen LogP contribution in [0.1, 0.15) is 30.9 Å². The van der Waals surface area contributed by atoms with E-state index in [-0.39, 0.29) is 6.61 Å². The molecule has 0 aliphatic carbocycles. The van der Waals surface area contributed by atoms with Crippen LogP contribution in [0.3, 0.4) is 0 Å². The summed E-state index contributed by atoms with van der Waals surface area (Å²) in [6, 6.07) is 1.90. The first-order valence-electron chi connectivity index (χ1n) is 4.97. The number of pyridine rings is 1. The van der Waals surface area contributed by atoms with Gasteiger partial charge in [-0.2, -0.15) is 0 Å². The van der Waals surface area contributed by atoms with E-state index in [0.717, 1.165) is 24.0 Å². The Balaban J connectivity index is 2.59. The minimum absolute atomic E-state index is 0.0308. The van der Waals surface area contributed by atoms with Gasteiger partial charge in [0, 0.05) is 11.8 Å². The molecule has 0 radical (unpaired) electrons. The molecule has 0 spiro atoms. The Labute approximate surface area is 84.7 Å². The number of hydrogen-bond acceptors (Lipinski definition) is 3. The summed E-state index contributed by atoms with van der Waals surface area (Å²) in [5, 5.41) is 8.89. The highest BCUT2D eigenvalue weighted by Gasteiger charge is 2.01. The van der Waals surface area contributed by atoms with Crippen LogP contribution in [-0.2, 0) is 6.61 Å². The lowest BCUT2D eigenvalue weighted by Crippen LogP contribution is -2.01. The standard InChI is InChI=1S/C11H17NO2/c1-3-4-5-14-11-9(2)6-10(8-13)7-12-11/h6-7,13H,3-5,8H2,1-2H3. The predicted molar refractivity (Wildman–Crippen MR) is 55.3 cm³/mol. The molecule has 1 aromatic rings. The third-order valence-electron chi connectivity index (χ3n) is 2.01. The van der Waals surface area contributed by atoms with Gasteiger partial charge in [0.15, 0.2) is 0 Å². The van der Waals surface area contributed by atoms with E-state index < -0.39 is 0 Å². The van der Waals surface area contributed by atoms with E-state index in [1.54, 1.807) is 6.20 Å². The third kappa shape index (κ3) is 3.00. The molecule has 1 N–H and O–H groups in total. The Bertz CT molecular complexity index is 287. The Morgan fingerprint density at radius 1 is 1.50 bits per heavy atom. The van der Waals surface area contributed by atoms with Crippen LogP contribution in [0.2, 0.25) is 0 Å². The maximum absolute atomic E-state index is 8.89. The molecule has 0 aromatic carbocycles. The summed E-state index contributed by atoms with van der Waals surface area (Å²) in [5.74, 6) is 0.677. The highest BCUT2D eigenvalue weighted by molar-refractivity contribution is 5.28. The molecule has 3 nitrogen and oxygen atoms in total. The van der Waals surface area contributed by atoms with Gasteiger partial charge >= 0.3 is 0 Å². The van der Waals surface area contributed by atoms with E-state index in [1.807, 2.05) is 13.0 Å². The monoisotopic (exact) mass is 195 g/mol. The average Bonchev–Trinajstić information content (AvgIpc) is 2.20. The van der Waals surface area contributed by atoms with E-state index in [2.05, 4.69) is 11.9 Å². The van der Waals surface area contributed by atoms with Crippen molar-refractivity contribution in [1.29, 1.82) is 0 Å². The average molecular weight is 195 g/mol. The molecule has 14 heavy (non-hydrogen) atoms. The highest BCUT2D eigenvalue weighted by Crippen LogP contribution is 2.15. The number of aliphatic hydroxyl groups excluding tert-OH is 1. The Hall–Kier alpha value is -1.09. The number of hydrogen-bond donors (Lipinski definition) is 1. The normalized spacial score (nSPS) is 10.2. The van der Waals surface area contributed by atoms with Crippen LogP contribution in [0.5, 0.6) is 5.88 Å². The first-order valence-corrected chi connectivity index (χ1v) is 4.97. The molecule has 0 amide bonds. The van der Waals surface area contributed by atoms with Crippen LogP contribution in [0, 0.1) is 6.92 Å². The molecule has 3 heteroatoms. The Kier molecular flexibility index (Phi) is 4.40. The van der Waals surface area contributed by atoms with E-state index in [1.165, 1.54) is 0 Å². The van der Waals surface area contributed by atoms with Gasteiger partial charge in [-0.25, -0.2) is 4.98 Å². The zero-order valence-corrected chi connectivity index (χ0v) is 8.79. The van der Waals surface area contributed by atoms with Crippen molar-refractivity contribution in [2.75, 3.05) is 6.61 Å². The summed E-state index contributed by atoms with van der Waals surface area (Å²) in [5.41, 5.74) is 1.80. The van der Waals surface area contributed by atoms with Gasteiger partial charge in [0.05, 0.1) is 13.2 Å². The molecule has 1 aromatic heterocycles. The molecular weight excluding hydrogens is 178 g/mol. The van der Waals surface area contributed by atoms with Gasteiger partial charge in [0.1, 0.15) is 0 Å². The van der Waals surface area contributed by atoms with E-state index in [4.69, 9.17) is 9.84 Å². The quantitative estimate of drug-likeness (QED) is 0.731. The highest BCUT2D eigenvalue weighted by atomic mass is 16.5. The summed E-state index contributed by atoms with van der Waals surface area (Å²) < 4.78 is 5.48. The van der Waals surface area contributed by atoms with Gasteiger partial charge in [0.2, 0.25) is 5.88 Å². The van der Waals surface area contributed by atoms with Crippen molar-refractivity contribution in [2.45, 2.75) is 33.3 Å². The summed E-state index contributed by atoms with van der Waals surface area (Å²) in [6.45, 7) is 4.80. The van der Waals surface area contributed by atoms with Gasteiger partial charge in [-0.3, -0.25) is 0 Å². The number of aromatic nitrogens is 1. The molecule has 0 saturated heterocycles. The minimum Gasteiger partial charge on any atom is -0.477 e. The second-order valence-electron chi connectivity index (χ2n) is 3.33. The molecule has 1 rings (SSSR count). The van der Waals surface area contributed by atoms with Gasteiger partial charge in [-0.05, 0) is 25.0 Å². The summed E-state index contributed by atoms with van der Waals surface area (Å²) in [6.07, 6.45) is 3.81. The zero-order valence-electron chi connectivity index (χ0n) is 8.79. The largest absolute Gasteiger partial charge is 0.477 e. The molecular formula is C11H17NO2. The van der Waals surface area contributed by atoms with Crippen LogP contribution < -0.4 is 4.74 Å². The smallest absolute Gasteiger partial charge is 0.216 e. The first-order chi connectivity index (χ1) is 6.77. The number of rotatable bonds is 5. The van der Waals surface area contributed by atoms with Crippen molar-refractivity contribution in [1.82, 2.24) is 4.98 Å². The van der Waals surface area contributed by atoms with Crippen molar-refractivity contribution < 1.29 is 9.84 Å². The fourth-order valence-electron chi connectivity index (χ4n) is 1.17. The van der Waals surface area contributed by atoms with Crippen molar-refractivity contribution in [3.05, 3.63) is 23.4 Å². The Morgan fingerprint density at radius 2 is 2.29 bits per heavy atom. The minimum atomic E-state index is 0.0308. The van der Waals surface area contributed by atoms with Crippen LogP contribution in [0.25, 0.3) is 0 Å². The second-order valence-corrected chi connectivity index (χ2v) is 3.33. The van der Waals surface area contributed by atoms with E-state index in [0.29, 0.717) is 12.5 Å². The topological polar surface area (TPSA) is 42.4 Å². The fourth-order valence-corrected chi connectivity index (χ4v) is 1.17. The maximum atomic E-state index is 8.89. The van der Waals surface area contributed by atoms with Gasteiger partial charge in [-0.1, -0.05) is 13.3 Å². The maximum Gasteiger partial charge on any atom is 0.216 e. The summed E-state index contributed by atoms with van der Waals surface area (Å²) >= 11 is 0. The molecule has 0 saturated carbocycles. The van der Waals surface area contributed by atoms with Gasteiger partial charge in [-0.15, -0.1) is 0 Å². The lowest BCUT2D eigenvalue weighted by molar-refractivity contribution is 0.278. The van der Waals surface area contributed by atoms with E-state index in [9.17, 15) is 0 Å². The number of aryl methyl sites for hydroxylation is 1. The van der Waals surface area contributed by atoms with Crippen molar-refractivity contribution in [2.24, 2.45) is 0 Å². The fraction of sp³-hybridized carbons (Fsp3) is 0.545. The molecule has 0 fully saturated rings. The lowest BCUT2D eigenvalue weighted by atomic mass is 10.2. The Morgan fingerprint density at radius 3 is 2.86 bits per heavy atom. The number of unbranched alkanes of at least 4 members (excludes halogenated alkanes) is 1. The van der Waals surface area contributed by atoms with Crippen LogP contribution in [-0.4, -0.2) is 16.7 Å². The van der Waals surface area contributed by atoms with Crippen LogP contribution in [0.4, 0.5) is 0 Å². The lowest BCUT2D eigenvalue weighted by Gasteiger charge is -2.07. The third-order valence-corrected chi connectivity index (χ3v) is 2.01. The first kappa shape index (κ1) is 11.0. The molecule has 0 unspecified atom stereocenters. The zero-order chi connectivity index (χ0) is 10.4. The molecule has 0 aliphatic heterocycles. The molecule has 78 valence electrons. The van der Waals surface area contributed by atoms with Gasteiger partial charge < -0.3 is 9.84 Å². The van der Waals surface area contributed by atoms with Crippen LogP contribution >= 0.6 is 0 Å². The number of ether oxygens (including phenoxy) is 1. The van der Waals surface area contributed by atoms with E-state index >= 15 is 0 Å². The number of aliphatic hydroxyl groups is 1. The van der Waals surface area contributed by atoms with Crippen molar-refractivity contribution >= 4 is 0 Å². The SMILES string of the molecule is CCCCOc1ncc(CO)cc1C. The molecule has 0 aliphatic rings. The molecule has 0 atom stereocenters. The number of nitrogens with zero attached hydrogens (tertiary/aromatic N) is 1. The predicted octanol–water partition coefficient (Wildman–Crippen LogP) is 2.06. The molecule has 0 bridgehead atoms. The second kappa shape index (κ2) is 5.60. The van der Waals surface area contributed by atoms with Crippen molar-refractivity contribution in [3.63, 3.8) is 0 Å².